The van der Waals surface area contributed by atoms with Crippen molar-refractivity contribution in [1.82, 2.24) is 0 Å². The summed E-state index contributed by atoms with van der Waals surface area (Å²) in [7, 11) is 0. The van der Waals surface area contributed by atoms with Gasteiger partial charge < -0.3 is 10.4 Å². The Morgan fingerprint density at radius 2 is 2.13 bits per heavy atom. The number of aliphatic carboxylic acids is 1. The van der Waals surface area contributed by atoms with Gasteiger partial charge in [-0.05, 0) is 41.4 Å². The Bertz CT molecular complexity index is 367. The van der Waals surface area contributed by atoms with Crippen LogP contribution in [0.1, 0.15) is 20.3 Å². The van der Waals surface area contributed by atoms with E-state index in [1.807, 2.05) is 31.2 Å². The molecule has 2 N–H and O–H groups in total. The maximum atomic E-state index is 11.1. The lowest BCUT2D eigenvalue weighted by Crippen LogP contribution is -2.42. The van der Waals surface area contributed by atoms with Crippen molar-refractivity contribution in [2.45, 2.75) is 25.8 Å². The van der Waals surface area contributed by atoms with Crippen LogP contribution in [0.3, 0.4) is 0 Å². The number of hydrogen-bond acceptors (Lipinski definition) is 2. The van der Waals surface area contributed by atoms with Gasteiger partial charge >= 0.3 is 5.97 Å². The highest BCUT2D eigenvalue weighted by atomic mass is 79.9. The number of halogens is 1. The Kier molecular flexibility index (Phi) is 3.74. The number of nitrogens with one attached hydrogen (secondary N) is 1. The van der Waals surface area contributed by atoms with E-state index in [-0.39, 0.29) is 0 Å². The summed E-state index contributed by atoms with van der Waals surface area (Å²) in [5, 5.41) is 12.1. The number of carboxylic acids is 1. The van der Waals surface area contributed by atoms with Crippen molar-refractivity contribution in [1.29, 1.82) is 0 Å². The Morgan fingerprint density at radius 3 is 2.60 bits per heavy atom. The number of benzene rings is 1. The molecule has 1 rings (SSSR count). The van der Waals surface area contributed by atoms with Gasteiger partial charge in [-0.2, -0.15) is 0 Å². The van der Waals surface area contributed by atoms with Gasteiger partial charge in [-0.15, -0.1) is 0 Å². The Morgan fingerprint density at radius 1 is 1.53 bits per heavy atom. The molecule has 0 spiro atoms. The van der Waals surface area contributed by atoms with E-state index < -0.39 is 11.5 Å². The summed E-state index contributed by atoms with van der Waals surface area (Å²) in [5.41, 5.74) is -0.131. The van der Waals surface area contributed by atoms with E-state index in [1.165, 1.54) is 0 Å². The summed E-state index contributed by atoms with van der Waals surface area (Å²) in [6.07, 6.45) is 0.518. The molecule has 1 atom stereocenters. The molecule has 1 aromatic rings. The SMILES string of the molecule is CCC(C)(Nc1ccccc1Br)C(=O)O. The van der Waals surface area contributed by atoms with E-state index in [4.69, 9.17) is 5.11 Å². The summed E-state index contributed by atoms with van der Waals surface area (Å²) >= 11 is 3.37. The Balaban J connectivity index is 2.94. The second kappa shape index (κ2) is 4.66. The zero-order chi connectivity index (χ0) is 11.5. The van der Waals surface area contributed by atoms with Gasteiger partial charge in [0.2, 0.25) is 0 Å². The van der Waals surface area contributed by atoms with Crippen LogP contribution in [-0.4, -0.2) is 16.6 Å². The van der Waals surface area contributed by atoms with E-state index in [0.717, 1.165) is 10.2 Å². The van der Waals surface area contributed by atoms with Crippen LogP contribution in [0.15, 0.2) is 28.7 Å². The summed E-state index contributed by atoms with van der Waals surface area (Å²) in [5.74, 6) is -0.847. The van der Waals surface area contributed by atoms with Crippen LogP contribution < -0.4 is 5.32 Å². The predicted molar refractivity (Wildman–Crippen MR) is 64.1 cm³/mol. The van der Waals surface area contributed by atoms with E-state index in [2.05, 4.69) is 21.2 Å². The first-order valence-electron chi connectivity index (χ1n) is 4.75. The van der Waals surface area contributed by atoms with E-state index >= 15 is 0 Å². The molecule has 0 heterocycles. The highest BCUT2D eigenvalue weighted by Crippen LogP contribution is 2.26. The third-order valence-electron chi connectivity index (χ3n) is 2.46. The van der Waals surface area contributed by atoms with Gasteiger partial charge in [-0.3, -0.25) is 0 Å². The number of para-hydroxylation sites is 1. The van der Waals surface area contributed by atoms with Gasteiger partial charge in [0, 0.05) is 10.2 Å². The second-order valence-electron chi connectivity index (χ2n) is 3.60. The highest BCUT2D eigenvalue weighted by molar-refractivity contribution is 9.10. The number of hydrogen-bond donors (Lipinski definition) is 2. The number of carboxylic acid groups (broad SMARTS) is 1. The van der Waals surface area contributed by atoms with Crippen LogP contribution in [-0.2, 0) is 4.79 Å². The van der Waals surface area contributed by atoms with Crippen molar-refractivity contribution in [3.8, 4) is 0 Å². The third kappa shape index (κ3) is 2.72. The normalized spacial score (nSPS) is 14.3. The number of rotatable bonds is 4. The molecule has 0 saturated heterocycles. The molecule has 3 nitrogen and oxygen atoms in total. The molecule has 0 radical (unpaired) electrons. The Hall–Kier alpha value is -1.03. The molecule has 1 aromatic carbocycles. The van der Waals surface area contributed by atoms with Gasteiger partial charge in [-0.1, -0.05) is 19.1 Å². The third-order valence-corrected chi connectivity index (χ3v) is 3.16. The molecule has 0 amide bonds. The minimum absolute atomic E-state index is 0.518. The lowest BCUT2D eigenvalue weighted by molar-refractivity contribution is -0.141. The van der Waals surface area contributed by atoms with E-state index in [1.54, 1.807) is 6.92 Å². The maximum absolute atomic E-state index is 11.1. The van der Waals surface area contributed by atoms with Crippen LogP contribution in [0.5, 0.6) is 0 Å². The summed E-state index contributed by atoms with van der Waals surface area (Å²) in [6, 6.07) is 7.48. The lowest BCUT2D eigenvalue weighted by Gasteiger charge is -2.26. The topological polar surface area (TPSA) is 49.3 Å². The first kappa shape index (κ1) is 12.0. The largest absolute Gasteiger partial charge is 0.480 e. The molecule has 15 heavy (non-hydrogen) atoms. The predicted octanol–water partition coefficient (Wildman–Crippen LogP) is 3.11. The van der Waals surface area contributed by atoms with Crippen molar-refractivity contribution in [3.05, 3.63) is 28.7 Å². The zero-order valence-corrected chi connectivity index (χ0v) is 10.3. The molecule has 0 aliphatic rings. The van der Waals surface area contributed by atoms with Crippen molar-refractivity contribution in [2.24, 2.45) is 0 Å². The molecule has 0 fully saturated rings. The van der Waals surface area contributed by atoms with Crippen LogP contribution in [0, 0.1) is 0 Å². The first-order valence-corrected chi connectivity index (χ1v) is 5.55. The molecule has 0 bridgehead atoms. The average molecular weight is 272 g/mol. The fourth-order valence-electron chi connectivity index (χ4n) is 1.15. The quantitative estimate of drug-likeness (QED) is 0.885. The second-order valence-corrected chi connectivity index (χ2v) is 4.45. The molecule has 1 unspecified atom stereocenters. The van der Waals surface area contributed by atoms with Gasteiger partial charge in [0.1, 0.15) is 5.54 Å². The standard InChI is InChI=1S/C11H14BrNO2/c1-3-11(2,10(14)15)13-9-7-5-4-6-8(9)12/h4-7,13H,3H2,1-2H3,(H,14,15). The average Bonchev–Trinajstić information content (AvgIpc) is 2.21. The maximum Gasteiger partial charge on any atom is 0.329 e. The lowest BCUT2D eigenvalue weighted by atomic mass is 9.99. The molecule has 4 heteroatoms. The fraction of sp³-hybridized carbons (Fsp3) is 0.364. The zero-order valence-electron chi connectivity index (χ0n) is 8.75. The van der Waals surface area contributed by atoms with Crippen molar-refractivity contribution in [2.75, 3.05) is 5.32 Å². The van der Waals surface area contributed by atoms with Crippen LogP contribution in [0.2, 0.25) is 0 Å². The van der Waals surface area contributed by atoms with Crippen LogP contribution in [0.25, 0.3) is 0 Å². The van der Waals surface area contributed by atoms with E-state index in [0.29, 0.717) is 6.42 Å². The minimum atomic E-state index is -0.927. The Labute approximate surface area is 97.6 Å². The number of anilines is 1. The molecular weight excluding hydrogens is 258 g/mol. The summed E-state index contributed by atoms with van der Waals surface area (Å²) in [6.45, 7) is 3.52. The van der Waals surface area contributed by atoms with Crippen molar-refractivity contribution in [3.63, 3.8) is 0 Å². The molecule has 0 saturated carbocycles. The first-order chi connectivity index (χ1) is 6.99. The molecule has 0 aliphatic carbocycles. The molecule has 82 valence electrons. The van der Waals surface area contributed by atoms with Crippen LogP contribution in [0.4, 0.5) is 5.69 Å². The molecule has 0 aromatic heterocycles. The molecular formula is C11H14BrNO2. The number of carbonyl (C=O) groups is 1. The highest BCUT2D eigenvalue weighted by Gasteiger charge is 2.31. The minimum Gasteiger partial charge on any atom is -0.480 e. The summed E-state index contributed by atoms with van der Waals surface area (Å²) in [4.78, 5) is 11.1. The monoisotopic (exact) mass is 271 g/mol. The van der Waals surface area contributed by atoms with Gasteiger partial charge in [0.05, 0.1) is 0 Å². The van der Waals surface area contributed by atoms with Gasteiger partial charge in [0.15, 0.2) is 0 Å². The van der Waals surface area contributed by atoms with Gasteiger partial charge in [-0.25, -0.2) is 4.79 Å². The van der Waals surface area contributed by atoms with E-state index in [9.17, 15) is 4.79 Å². The van der Waals surface area contributed by atoms with Crippen LogP contribution >= 0.6 is 15.9 Å². The van der Waals surface area contributed by atoms with Crippen molar-refractivity contribution >= 4 is 27.6 Å². The van der Waals surface area contributed by atoms with Crippen molar-refractivity contribution < 1.29 is 9.90 Å². The smallest absolute Gasteiger partial charge is 0.329 e. The fourth-order valence-corrected chi connectivity index (χ4v) is 1.54. The molecule has 0 aliphatic heterocycles. The van der Waals surface area contributed by atoms with Gasteiger partial charge in [0.25, 0.3) is 0 Å². The summed E-state index contributed by atoms with van der Waals surface area (Å²) < 4.78 is 0.867.